The van der Waals surface area contributed by atoms with E-state index in [2.05, 4.69) is 31.8 Å². The standard InChI is InChI=1S/C32H25FN6O2S/c1-17(2)31(40)39-22-7-4-19(5-8-22)28-26(27-29(42-28)23(16-37-30(27)34)21-11-12-35-15-21)20-6-9-25(24(33)14-20)41-32-36-13-10-18(3)38-32/h4-16,35H,1H2,2-3H3,(H2,34,37)(H,39,40). The van der Waals surface area contributed by atoms with Crippen LogP contribution in [0.5, 0.6) is 11.8 Å². The molecule has 4 aromatic heterocycles. The van der Waals surface area contributed by atoms with Gasteiger partial charge in [-0.3, -0.25) is 4.79 Å². The van der Waals surface area contributed by atoms with Gasteiger partial charge >= 0.3 is 6.01 Å². The van der Waals surface area contributed by atoms with Crippen molar-refractivity contribution in [1.82, 2.24) is 19.9 Å². The number of H-pyrrole nitrogens is 1. The number of halogens is 1. The number of aryl methyl sites for hydroxylation is 1. The third-order valence-corrected chi connectivity index (χ3v) is 7.91. The number of aromatic nitrogens is 4. The van der Waals surface area contributed by atoms with Crippen LogP contribution in [-0.2, 0) is 4.79 Å². The van der Waals surface area contributed by atoms with Crippen LogP contribution in [0, 0.1) is 12.7 Å². The Labute approximate surface area is 244 Å². The van der Waals surface area contributed by atoms with E-state index in [4.69, 9.17) is 10.5 Å². The molecule has 0 saturated heterocycles. The van der Waals surface area contributed by atoms with Gasteiger partial charge in [-0.1, -0.05) is 24.8 Å². The first kappa shape index (κ1) is 26.9. The van der Waals surface area contributed by atoms with Crippen molar-refractivity contribution >= 4 is 38.8 Å². The minimum absolute atomic E-state index is 0.00199. The van der Waals surface area contributed by atoms with Gasteiger partial charge in [-0.05, 0) is 61.4 Å². The first-order valence-electron chi connectivity index (χ1n) is 13.0. The van der Waals surface area contributed by atoms with Gasteiger partial charge in [0.15, 0.2) is 11.6 Å². The number of nitrogens with two attached hydrogens (primary N) is 1. The number of nitrogens with zero attached hydrogens (tertiary/aromatic N) is 3. The van der Waals surface area contributed by atoms with Crippen molar-refractivity contribution in [3.05, 3.63) is 103 Å². The van der Waals surface area contributed by atoms with Crippen LogP contribution < -0.4 is 15.8 Å². The quantitative estimate of drug-likeness (QED) is 0.167. The topological polar surface area (TPSA) is 119 Å². The molecule has 0 aliphatic rings. The van der Waals surface area contributed by atoms with Crippen LogP contribution in [0.2, 0.25) is 0 Å². The van der Waals surface area contributed by atoms with E-state index in [0.29, 0.717) is 28.3 Å². The maximum Gasteiger partial charge on any atom is 0.322 e. The van der Waals surface area contributed by atoms with Crippen LogP contribution in [0.3, 0.4) is 0 Å². The first-order valence-corrected chi connectivity index (χ1v) is 13.8. The fourth-order valence-corrected chi connectivity index (χ4v) is 5.92. The number of hydrogen-bond donors (Lipinski definition) is 3. The maximum atomic E-state index is 15.5. The molecule has 0 aliphatic heterocycles. The van der Waals surface area contributed by atoms with Gasteiger partial charge < -0.3 is 20.8 Å². The predicted octanol–water partition coefficient (Wildman–Crippen LogP) is 7.75. The highest BCUT2D eigenvalue weighted by Gasteiger charge is 2.23. The van der Waals surface area contributed by atoms with Gasteiger partial charge in [0.2, 0.25) is 0 Å². The molecule has 1 amide bonds. The number of pyridine rings is 1. The number of carbonyl (C=O) groups excluding carboxylic acids is 1. The lowest BCUT2D eigenvalue weighted by molar-refractivity contribution is -0.112. The summed E-state index contributed by atoms with van der Waals surface area (Å²) in [5, 5.41) is 3.55. The van der Waals surface area contributed by atoms with Gasteiger partial charge in [0.1, 0.15) is 5.82 Å². The zero-order chi connectivity index (χ0) is 29.4. The van der Waals surface area contributed by atoms with Crippen molar-refractivity contribution in [3.63, 3.8) is 0 Å². The number of anilines is 2. The summed E-state index contributed by atoms with van der Waals surface area (Å²) in [4.78, 5) is 28.8. The lowest BCUT2D eigenvalue weighted by atomic mass is 9.97. The average molecular weight is 577 g/mol. The van der Waals surface area contributed by atoms with E-state index in [0.717, 1.165) is 37.2 Å². The third-order valence-electron chi connectivity index (χ3n) is 6.64. The van der Waals surface area contributed by atoms with Crippen LogP contribution in [0.25, 0.3) is 42.8 Å². The average Bonchev–Trinajstić information content (AvgIpc) is 3.64. The highest BCUT2D eigenvalue weighted by Crippen LogP contribution is 2.49. The van der Waals surface area contributed by atoms with Crippen molar-refractivity contribution in [2.45, 2.75) is 13.8 Å². The van der Waals surface area contributed by atoms with E-state index in [1.54, 1.807) is 55.8 Å². The first-order chi connectivity index (χ1) is 20.3. The Balaban J connectivity index is 1.50. The van der Waals surface area contributed by atoms with E-state index >= 15 is 4.39 Å². The lowest BCUT2D eigenvalue weighted by Crippen LogP contribution is -2.11. The minimum Gasteiger partial charge on any atom is -0.421 e. The molecule has 0 saturated carbocycles. The van der Waals surface area contributed by atoms with Crippen LogP contribution in [0.1, 0.15) is 12.6 Å². The number of benzene rings is 2. The Morgan fingerprint density at radius 2 is 1.86 bits per heavy atom. The zero-order valence-corrected chi connectivity index (χ0v) is 23.6. The second-order valence-corrected chi connectivity index (χ2v) is 10.7. The maximum absolute atomic E-state index is 15.5. The number of hydrogen-bond acceptors (Lipinski definition) is 7. The Morgan fingerprint density at radius 1 is 1.07 bits per heavy atom. The molecule has 4 heterocycles. The molecular formula is C32H25FN6O2S. The molecule has 4 N–H and O–H groups in total. The van der Waals surface area contributed by atoms with Gasteiger partial charge in [-0.15, -0.1) is 11.3 Å². The SMILES string of the molecule is C=C(C)C(=O)Nc1ccc(-c2sc3c(-c4cc[nH]c4)cnc(N)c3c2-c2ccc(Oc3nccc(C)n3)c(F)c2)cc1. The predicted molar refractivity (Wildman–Crippen MR) is 165 cm³/mol. The highest BCUT2D eigenvalue weighted by molar-refractivity contribution is 7.23. The molecule has 10 heteroatoms. The number of thiophene rings is 1. The van der Waals surface area contributed by atoms with Crippen LogP contribution in [0.4, 0.5) is 15.9 Å². The summed E-state index contributed by atoms with van der Waals surface area (Å²) in [5.41, 5.74) is 12.3. The summed E-state index contributed by atoms with van der Waals surface area (Å²) < 4.78 is 22.1. The lowest BCUT2D eigenvalue weighted by Gasteiger charge is -2.11. The number of nitrogens with one attached hydrogen (secondary N) is 2. The van der Waals surface area contributed by atoms with Crippen LogP contribution in [0.15, 0.2) is 91.5 Å². The molecule has 0 aliphatic carbocycles. The molecule has 6 aromatic rings. The van der Waals surface area contributed by atoms with E-state index in [-0.39, 0.29) is 17.7 Å². The minimum atomic E-state index is -0.575. The van der Waals surface area contributed by atoms with Gasteiger partial charge in [-0.25, -0.2) is 19.3 Å². The summed E-state index contributed by atoms with van der Waals surface area (Å²) in [6.07, 6.45) is 7.04. The number of nitrogen functional groups attached to an aromatic ring is 1. The van der Waals surface area contributed by atoms with Gasteiger partial charge in [-0.2, -0.15) is 0 Å². The van der Waals surface area contributed by atoms with Gasteiger partial charge in [0, 0.05) is 73.4 Å². The molecule has 0 bridgehead atoms. The Morgan fingerprint density at radius 3 is 2.55 bits per heavy atom. The van der Waals surface area contributed by atoms with E-state index < -0.39 is 5.82 Å². The molecule has 42 heavy (non-hydrogen) atoms. The number of aromatic amines is 1. The molecule has 0 atom stereocenters. The number of rotatable bonds is 7. The normalized spacial score (nSPS) is 11.0. The number of fused-ring (bicyclic) bond motifs is 1. The van der Waals surface area contributed by atoms with E-state index in [1.807, 2.05) is 42.7 Å². The monoisotopic (exact) mass is 576 g/mol. The van der Waals surface area contributed by atoms with Crippen molar-refractivity contribution < 1.29 is 13.9 Å². The second kappa shape index (κ2) is 10.9. The summed E-state index contributed by atoms with van der Waals surface area (Å²) in [7, 11) is 0. The Kier molecular flexibility index (Phi) is 6.97. The van der Waals surface area contributed by atoms with Crippen molar-refractivity contribution in [2.75, 3.05) is 11.1 Å². The molecule has 0 fully saturated rings. The summed E-state index contributed by atoms with van der Waals surface area (Å²) in [5.74, 6) is -0.494. The second-order valence-electron chi connectivity index (χ2n) is 9.71. The number of amides is 1. The fraction of sp³-hybridized carbons (Fsp3) is 0.0625. The Bertz CT molecular complexity index is 1970. The fourth-order valence-electron chi connectivity index (χ4n) is 4.55. The van der Waals surface area contributed by atoms with Gasteiger partial charge in [0.05, 0.1) is 0 Å². The zero-order valence-electron chi connectivity index (χ0n) is 22.7. The smallest absolute Gasteiger partial charge is 0.322 e. The molecule has 0 spiro atoms. The Hall–Kier alpha value is -5.35. The van der Waals surface area contributed by atoms with Crippen LogP contribution >= 0.6 is 11.3 Å². The van der Waals surface area contributed by atoms with Crippen LogP contribution in [-0.4, -0.2) is 25.8 Å². The van der Waals surface area contributed by atoms with Crippen molar-refractivity contribution in [3.8, 4) is 44.5 Å². The summed E-state index contributed by atoms with van der Waals surface area (Å²) in [6.45, 7) is 7.14. The van der Waals surface area contributed by atoms with Crippen molar-refractivity contribution in [1.29, 1.82) is 0 Å². The molecular weight excluding hydrogens is 551 g/mol. The molecule has 208 valence electrons. The van der Waals surface area contributed by atoms with E-state index in [9.17, 15) is 4.79 Å². The van der Waals surface area contributed by atoms with Crippen molar-refractivity contribution in [2.24, 2.45) is 0 Å². The molecule has 6 rings (SSSR count). The summed E-state index contributed by atoms with van der Waals surface area (Å²) in [6, 6.07) is 16.0. The third kappa shape index (κ3) is 5.11. The van der Waals surface area contributed by atoms with Gasteiger partial charge in [0.25, 0.3) is 5.91 Å². The molecule has 8 nitrogen and oxygen atoms in total. The largest absolute Gasteiger partial charge is 0.421 e. The molecule has 0 radical (unpaired) electrons. The van der Waals surface area contributed by atoms with E-state index in [1.165, 1.54) is 6.07 Å². The molecule has 0 unspecified atom stereocenters. The number of ether oxygens (including phenoxy) is 1. The number of carbonyl (C=O) groups is 1. The summed E-state index contributed by atoms with van der Waals surface area (Å²) >= 11 is 1.54. The molecule has 2 aromatic carbocycles. The highest BCUT2D eigenvalue weighted by atomic mass is 32.1.